The molecule has 0 spiro atoms. The summed E-state index contributed by atoms with van der Waals surface area (Å²) in [5.41, 5.74) is 3.53. The van der Waals surface area contributed by atoms with Crippen LogP contribution in [0.25, 0.3) is 22.2 Å². The van der Waals surface area contributed by atoms with Crippen molar-refractivity contribution in [2.45, 2.75) is 6.54 Å². The lowest BCUT2D eigenvalue weighted by Crippen LogP contribution is -2.04. The Morgan fingerprint density at radius 2 is 2.17 bits per heavy atom. The van der Waals surface area contributed by atoms with E-state index >= 15 is 0 Å². The van der Waals surface area contributed by atoms with Gasteiger partial charge in [0.2, 0.25) is 0 Å². The molecule has 0 radical (unpaired) electrons. The number of nitrogens with zero attached hydrogens (tertiary/aromatic N) is 2. The van der Waals surface area contributed by atoms with Crippen LogP contribution in [0.5, 0.6) is 0 Å². The normalized spacial score (nSPS) is 11.2. The Bertz CT molecular complexity index is 681. The number of hydrogen-bond donors (Lipinski definition) is 1. The van der Waals surface area contributed by atoms with Crippen molar-refractivity contribution in [3.8, 4) is 11.3 Å². The average molecular weight is 257 g/mol. The van der Waals surface area contributed by atoms with E-state index in [9.17, 15) is 0 Å². The Balaban J connectivity index is 2.13. The first kappa shape index (κ1) is 11.4. The maximum atomic E-state index is 4.68. The number of aromatic nitrogens is 2. The summed E-state index contributed by atoms with van der Waals surface area (Å²) in [6.45, 7) is 0.829. The molecule has 18 heavy (non-hydrogen) atoms. The first-order valence-electron chi connectivity index (χ1n) is 5.93. The zero-order valence-electron chi connectivity index (χ0n) is 10.5. The van der Waals surface area contributed by atoms with Gasteiger partial charge < -0.3 is 9.88 Å². The Hall–Kier alpha value is -1.65. The molecular formula is C14H15N3S. The first-order chi connectivity index (χ1) is 8.79. The van der Waals surface area contributed by atoms with E-state index in [4.69, 9.17) is 0 Å². The fraction of sp³-hybridized carbons (Fsp3) is 0.214. The molecule has 0 atom stereocenters. The molecule has 2 heterocycles. The van der Waals surface area contributed by atoms with Gasteiger partial charge in [-0.3, -0.25) is 0 Å². The summed E-state index contributed by atoms with van der Waals surface area (Å²) in [6.07, 6.45) is 2.16. The van der Waals surface area contributed by atoms with E-state index in [-0.39, 0.29) is 0 Å². The second-order valence-electron chi connectivity index (χ2n) is 4.33. The Labute approximate surface area is 110 Å². The van der Waals surface area contributed by atoms with Gasteiger partial charge in [0.1, 0.15) is 5.01 Å². The minimum Gasteiger partial charge on any atom is -0.350 e. The monoisotopic (exact) mass is 257 g/mol. The van der Waals surface area contributed by atoms with Crippen molar-refractivity contribution >= 4 is 22.2 Å². The van der Waals surface area contributed by atoms with Crippen molar-refractivity contribution in [1.29, 1.82) is 0 Å². The molecule has 2 aromatic heterocycles. The third-order valence-corrected chi connectivity index (χ3v) is 3.90. The van der Waals surface area contributed by atoms with Crippen LogP contribution in [-0.2, 0) is 13.6 Å². The van der Waals surface area contributed by atoms with E-state index in [0.29, 0.717) is 0 Å². The molecule has 0 aliphatic rings. The van der Waals surface area contributed by atoms with Crippen LogP contribution < -0.4 is 5.32 Å². The van der Waals surface area contributed by atoms with Crippen molar-refractivity contribution < 1.29 is 0 Å². The van der Waals surface area contributed by atoms with Crippen LogP contribution >= 0.6 is 11.3 Å². The first-order valence-corrected chi connectivity index (χ1v) is 6.81. The summed E-state index contributed by atoms with van der Waals surface area (Å²) in [4.78, 5) is 4.68. The summed E-state index contributed by atoms with van der Waals surface area (Å²) in [5.74, 6) is 0. The molecule has 3 nitrogen and oxygen atoms in total. The summed E-state index contributed by atoms with van der Waals surface area (Å²) in [7, 11) is 4.02. The summed E-state index contributed by atoms with van der Waals surface area (Å²) < 4.78 is 2.15. The SMILES string of the molecule is CNCc1nc(-c2cn(C)c3ccccc23)cs1. The molecule has 0 saturated heterocycles. The number of hydrogen-bond acceptors (Lipinski definition) is 3. The van der Waals surface area contributed by atoms with Gasteiger partial charge in [0.05, 0.1) is 5.69 Å². The van der Waals surface area contributed by atoms with Gasteiger partial charge in [-0.05, 0) is 13.1 Å². The molecule has 0 saturated carbocycles. The number of nitrogens with one attached hydrogen (secondary N) is 1. The molecule has 1 aromatic carbocycles. The molecule has 0 unspecified atom stereocenters. The molecule has 0 fully saturated rings. The lowest BCUT2D eigenvalue weighted by molar-refractivity contribution is 0.811. The number of rotatable bonds is 3. The van der Waals surface area contributed by atoms with E-state index in [1.54, 1.807) is 11.3 Å². The van der Waals surface area contributed by atoms with E-state index in [1.165, 1.54) is 16.5 Å². The maximum Gasteiger partial charge on any atom is 0.107 e. The highest BCUT2D eigenvalue weighted by molar-refractivity contribution is 7.09. The molecule has 0 bridgehead atoms. The molecule has 0 aliphatic heterocycles. The second-order valence-corrected chi connectivity index (χ2v) is 5.27. The standard InChI is InChI=1S/C14H15N3S/c1-15-7-14-16-12(9-18-14)11-8-17(2)13-6-4-3-5-10(11)13/h3-6,8-9,15H,7H2,1-2H3. The van der Waals surface area contributed by atoms with Gasteiger partial charge in [-0.1, -0.05) is 18.2 Å². The van der Waals surface area contributed by atoms with Crippen LogP contribution in [0.2, 0.25) is 0 Å². The van der Waals surface area contributed by atoms with Gasteiger partial charge in [0.25, 0.3) is 0 Å². The average Bonchev–Trinajstić information content (AvgIpc) is 2.96. The van der Waals surface area contributed by atoms with Gasteiger partial charge in [-0.25, -0.2) is 4.98 Å². The van der Waals surface area contributed by atoms with Crippen LogP contribution in [0.3, 0.4) is 0 Å². The number of para-hydroxylation sites is 1. The van der Waals surface area contributed by atoms with Crippen molar-refractivity contribution in [1.82, 2.24) is 14.9 Å². The Morgan fingerprint density at radius 3 is 3.00 bits per heavy atom. The van der Waals surface area contributed by atoms with Crippen LogP contribution in [0.4, 0.5) is 0 Å². The van der Waals surface area contributed by atoms with E-state index in [2.05, 4.69) is 57.8 Å². The summed E-state index contributed by atoms with van der Waals surface area (Å²) in [6, 6.07) is 8.44. The quantitative estimate of drug-likeness (QED) is 0.781. The van der Waals surface area contributed by atoms with Crippen molar-refractivity contribution in [2.75, 3.05) is 7.05 Å². The fourth-order valence-corrected chi connectivity index (χ4v) is 3.02. The molecule has 1 N–H and O–H groups in total. The zero-order valence-corrected chi connectivity index (χ0v) is 11.3. The highest BCUT2D eigenvalue weighted by atomic mass is 32.1. The second kappa shape index (κ2) is 4.55. The molecule has 0 aliphatic carbocycles. The van der Waals surface area contributed by atoms with Gasteiger partial charge in [-0.2, -0.15) is 0 Å². The van der Waals surface area contributed by atoms with Crippen molar-refractivity contribution in [3.63, 3.8) is 0 Å². The van der Waals surface area contributed by atoms with Gasteiger partial charge >= 0.3 is 0 Å². The van der Waals surface area contributed by atoms with Crippen LogP contribution in [0.15, 0.2) is 35.8 Å². The predicted molar refractivity (Wildman–Crippen MR) is 76.8 cm³/mol. The van der Waals surface area contributed by atoms with E-state index < -0.39 is 0 Å². The number of fused-ring (bicyclic) bond motifs is 1. The topological polar surface area (TPSA) is 29.9 Å². The summed E-state index contributed by atoms with van der Waals surface area (Å²) >= 11 is 1.70. The number of thiazole rings is 1. The fourth-order valence-electron chi connectivity index (χ4n) is 2.21. The maximum absolute atomic E-state index is 4.68. The van der Waals surface area contributed by atoms with Crippen LogP contribution in [0.1, 0.15) is 5.01 Å². The van der Waals surface area contributed by atoms with E-state index in [0.717, 1.165) is 17.2 Å². The molecular weight excluding hydrogens is 242 g/mol. The molecule has 0 amide bonds. The number of benzene rings is 1. The lowest BCUT2D eigenvalue weighted by Gasteiger charge is -1.94. The molecule has 92 valence electrons. The van der Waals surface area contributed by atoms with Gasteiger partial charge in [-0.15, -0.1) is 11.3 Å². The van der Waals surface area contributed by atoms with Crippen LogP contribution in [-0.4, -0.2) is 16.6 Å². The van der Waals surface area contributed by atoms with E-state index in [1.807, 2.05) is 7.05 Å². The van der Waals surface area contributed by atoms with Crippen molar-refractivity contribution in [3.05, 3.63) is 40.8 Å². The third kappa shape index (κ3) is 1.83. The highest BCUT2D eigenvalue weighted by Crippen LogP contribution is 2.30. The third-order valence-electron chi connectivity index (χ3n) is 3.05. The predicted octanol–water partition coefficient (Wildman–Crippen LogP) is 3.02. The lowest BCUT2D eigenvalue weighted by atomic mass is 10.1. The van der Waals surface area contributed by atoms with Gasteiger partial charge in [0.15, 0.2) is 0 Å². The molecule has 4 heteroatoms. The highest BCUT2D eigenvalue weighted by Gasteiger charge is 2.10. The Morgan fingerprint density at radius 1 is 1.33 bits per heavy atom. The minimum atomic E-state index is 0.829. The van der Waals surface area contributed by atoms with Gasteiger partial charge in [0, 0.05) is 41.6 Å². The summed E-state index contributed by atoms with van der Waals surface area (Å²) in [5, 5.41) is 7.66. The Kier molecular flexibility index (Phi) is 2.89. The molecule has 3 rings (SSSR count). The molecule has 3 aromatic rings. The minimum absolute atomic E-state index is 0.829. The van der Waals surface area contributed by atoms with Crippen LogP contribution in [0, 0.1) is 0 Å². The van der Waals surface area contributed by atoms with Crippen molar-refractivity contribution in [2.24, 2.45) is 7.05 Å². The largest absolute Gasteiger partial charge is 0.350 e. The smallest absolute Gasteiger partial charge is 0.107 e. The number of aryl methyl sites for hydroxylation is 1. The zero-order chi connectivity index (χ0) is 12.5.